The average molecular weight is 347 g/mol. The van der Waals surface area contributed by atoms with E-state index in [1.807, 2.05) is 54.6 Å². The number of ether oxygens (including phenoxy) is 1. The SMILES string of the molecule is C#CCNC(=O)Cc1nc(-c2ccc(OCc3ccccc3)cc2)no1. The van der Waals surface area contributed by atoms with Gasteiger partial charge >= 0.3 is 0 Å². The van der Waals surface area contributed by atoms with Crippen LogP contribution in [0.1, 0.15) is 11.5 Å². The molecule has 0 spiro atoms. The van der Waals surface area contributed by atoms with Crippen LogP contribution in [0, 0.1) is 12.3 Å². The lowest BCUT2D eigenvalue weighted by Crippen LogP contribution is -2.25. The third-order valence-corrected chi connectivity index (χ3v) is 3.53. The monoisotopic (exact) mass is 347 g/mol. The fraction of sp³-hybridized carbons (Fsp3) is 0.150. The van der Waals surface area contributed by atoms with Gasteiger partial charge < -0.3 is 14.6 Å². The summed E-state index contributed by atoms with van der Waals surface area (Å²) in [6, 6.07) is 17.3. The van der Waals surface area contributed by atoms with E-state index >= 15 is 0 Å². The Balaban J connectivity index is 1.58. The Labute approximate surface area is 151 Å². The lowest BCUT2D eigenvalue weighted by atomic mass is 10.2. The molecular formula is C20H17N3O3. The maximum Gasteiger partial charge on any atom is 0.236 e. The van der Waals surface area contributed by atoms with E-state index in [2.05, 4.69) is 21.4 Å². The van der Waals surface area contributed by atoms with Crippen molar-refractivity contribution in [2.24, 2.45) is 0 Å². The highest BCUT2D eigenvalue weighted by Crippen LogP contribution is 2.20. The summed E-state index contributed by atoms with van der Waals surface area (Å²) in [4.78, 5) is 15.8. The van der Waals surface area contributed by atoms with Crippen molar-refractivity contribution in [3.05, 3.63) is 66.1 Å². The van der Waals surface area contributed by atoms with Gasteiger partial charge in [0.05, 0.1) is 6.54 Å². The molecular weight excluding hydrogens is 330 g/mol. The Hall–Kier alpha value is -3.59. The number of hydrogen-bond acceptors (Lipinski definition) is 5. The average Bonchev–Trinajstić information content (AvgIpc) is 3.14. The van der Waals surface area contributed by atoms with E-state index in [0.29, 0.717) is 12.4 Å². The zero-order valence-electron chi connectivity index (χ0n) is 14.0. The van der Waals surface area contributed by atoms with Crippen molar-refractivity contribution in [1.29, 1.82) is 0 Å². The minimum Gasteiger partial charge on any atom is -0.489 e. The summed E-state index contributed by atoms with van der Waals surface area (Å²) in [5.74, 6) is 3.47. The van der Waals surface area contributed by atoms with Gasteiger partial charge in [-0.25, -0.2) is 0 Å². The molecule has 3 aromatic rings. The minimum absolute atomic E-state index is 0.00699. The summed E-state index contributed by atoms with van der Waals surface area (Å²) >= 11 is 0. The first kappa shape index (κ1) is 17.2. The highest BCUT2D eigenvalue weighted by Gasteiger charge is 2.12. The van der Waals surface area contributed by atoms with Crippen LogP contribution in [-0.2, 0) is 17.8 Å². The van der Waals surface area contributed by atoms with E-state index < -0.39 is 0 Å². The first-order valence-corrected chi connectivity index (χ1v) is 8.04. The summed E-state index contributed by atoms with van der Waals surface area (Å²) in [6.07, 6.45) is 5.08. The van der Waals surface area contributed by atoms with Crippen molar-refractivity contribution in [2.75, 3.05) is 6.54 Å². The summed E-state index contributed by atoms with van der Waals surface area (Å²) in [6.45, 7) is 0.670. The molecule has 1 amide bonds. The highest BCUT2D eigenvalue weighted by molar-refractivity contribution is 5.77. The fourth-order valence-corrected chi connectivity index (χ4v) is 2.23. The quantitative estimate of drug-likeness (QED) is 0.665. The van der Waals surface area contributed by atoms with Crippen LogP contribution in [0.25, 0.3) is 11.4 Å². The Morgan fingerprint density at radius 2 is 1.92 bits per heavy atom. The van der Waals surface area contributed by atoms with Crippen LogP contribution in [-0.4, -0.2) is 22.6 Å². The number of aromatic nitrogens is 2. The molecule has 0 fully saturated rings. The van der Waals surface area contributed by atoms with Crippen molar-refractivity contribution in [3.63, 3.8) is 0 Å². The molecule has 3 rings (SSSR count). The lowest BCUT2D eigenvalue weighted by molar-refractivity contribution is -0.120. The molecule has 0 aliphatic heterocycles. The van der Waals surface area contributed by atoms with Gasteiger partial charge in [-0.1, -0.05) is 41.4 Å². The van der Waals surface area contributed by atoms with Gasteiger partial charge in [-0.3, -0.25) is 4.79 Å². The standard InChI is InChI=1S/C20H17N3O3/c1-2-12-21-18(24)13-19-22-20(23-26-19)16-8-10-17(11-9-16)25-14-15-6-4-3-5-7-15/h1,3-11H,12-14H2,(H,21,24). The Morgan fingerprint density at radius 1 is 1.15 bits per heavy atom. The van der Waals surface area contributed by atoms with Crippen LogP contribution in [0.5, 0.6) is 5.75 Å². The van der Waals surface area contributed by atoms with Gasteiger partial charge in [0.2, 0.25) is 17.6 Å². The Kier molecular flexibility index (Phi) is 5.63. The first-order valence-electron chi connectivity index (χ1n) is 8.04. The van der Waals surface area contributed by atoms with Crippen LogP contribution >= 0.6 is 0 Å². The van der Waals surface area contributed by atoms with Crippen molar-refractivity contribution in [3.8, 4) is 29.5 Å². The van der Waals surface area contributed by atoms with Gasteiger partial charge in [0, 0.05) is 5.56 Å². The Bertz CT molecular complexity index is 896. The van der Waals surface area contributed by atoms with E-state index in [-0.39, 0.29) is 24.8 Å². The minimum atomic E-state index is -0.261. The molecule has 1 aromatic heterocycles. The largest absolute Gasteiger partial charge is 0.489 e. The smallest absolute Gasteiger partial charge is 0.236 e. The number of hydrogen-bond donors (Lipinski definition) is 1. The second kappa shape index (κ2) is 8.49. The molecule has 0 bridgehead atoms. The summed E-state index contributed by atoms with van der Waals surface area (Å²) < 4.78 is 10.8. The number of amides is 1. The maximum atomic E-state index is 11.6. The lowest BCUT2D eigenvalue weighted by Gasteiger charge is -2.06. The second-order valence-electron chi connectivity index (χ2n) is 5.47. The van der Waals surface area contributed by atoms with E-state index in [4.69, 9.17) is 15.7 Å². The molecule has 0 aliphatic carbocycles. The van der Waals surface area contributed by atoms with Crippen molar-refractivity contribution in [2.45, 2.75) is 13.0 Å². The fourth-order valence-electron chi connectivity index (χ4n) is 2.23. The van der Waals surface area contributed by atoms with E-state index in [0.717, 1.165) is 16.9 Å². The number of nitrogens with one attached hydrogen (secondary N) is 1. The van der Waals surface area contributed by atoms with Crippen molar-refractivity contribution in [1.82, 2.24) is 15.5 Å². The normalized spacial score (nSPS) is 10.1. The van der Waals surface area contributed by atoms with E-state index in [1.54, 1.807) is 0 Å². The zero-order valence-corrected chi connectivity index (χ0v) is 14.0. The molecule has 6 heteroatoms. The summed E-state index contributed by atoms with van der Waals surface area (Å²) in [5, 5.41) is 6.44. The van der Waals surface area contributed by atoms with Crippen LogP contribution < -0.4 is 10.1 Å². The molecule has 0 atom stereocenters. The third kappa shape index (κ3) is 4.71. The Morgan fingerprint density at radius 3 is 2.65 bits per heavy atom. The van der Waals surface area contributed by atoms with Gasteiger partial charge in [0.1, 0.15) is 18.8 Å². The zero-order chi connectivity index (χ0) is 18.2. The van der Waals surface area contributed by atoms with Crippen molar-refractivity contribution < 1.29 is 14.1 Å². The molecule has 0 saturated carbocycles. The van der Waals surface area contributed by atoms with Crippen molar-refractivity contribution >= 4 is 5.91 Å². The number of terminal acetylenes is 1. The number of benzene rings is 2. The predicted octanol–water partition coefficient (Wildman–Crippen LogP) is 2.61. The molecule has 6 nitrogen and oxygen atoms in total. The maximum absolute atomic E-state index is 11.6. The summed E-state index contributed by atoms with van der Waals surface area (Å²) in [5.41, 5.74) is 1.87. The molecule has 2 aromatic carbocycles. The van der Waals surface area contributed by atoms with Gasteiger partial charge in [0.25, 0.3) is 0 Å². The molecule has 0 unspecified atom stereocenters. The molecule has 1 heterocycles. The van der Waals surface area contributed by atoms with Gasteiger partial charge in [-0.2, -0.15) is 4.98 Å². The molecule has 0 radical (unpaired) electrons. The van der Waals surface area contributed by atoms with Gasteiger partial charge in [-0.05, 0) is 29.8 Å². The van der Waals surface area contributed by atoms with Crippen LogP contribution in [0.15, 0.2) is 59.1 Å². The van der Waals surface area contributed by atoms with Crippen LogP contribution in [0.2, 0.25) is 0 Å². The number of carbonyl (C=O) groups excluding carboxylic acids is 1. The highest BCUT2D eigenvalue weighted by atomic mass is 16.5. The number of rotatable bonds is 7. The van der Waals surface area contributed by atoms with Gasteiger partial charge in [0.15, 0.2) is 0 Å². The second-order valence-corrected chi connectivity index (χ2v) is 5.47. The third-order valence-electron chi connectivity index (χ3n) is 3.53. The van der Waals surface area contributed by atoms with Gasteiger partial charge in [-0.15, -0.1) is 6.42 Å². The van der Waals surface area contributed by atoms with E-state index in [1.165, 1.54) is 0 Å². The first-order chi connectivity index (χ1) is 12.7. The van der Waals surface area contributed by atoms with Crippen LogP contribution in [0.3, 0.4) is 0 Å². The molecule has 0 aliphatic rings. The number of carbonyl (C=O) groups is 1. The molecule has 26 heavy (non-hydrogen) atoms. The topological polar surface area (TPSA) is 77.2 Å². The molecule has 1 N–H and O–H groups in total. The molecule has 0 saturated heterocycles. The molecule has 130 valence electrons. The van der Waals surface area contributed by atoms with Crippen LogP contribution in [0.4, 0.5) is 0 Å². The van der Waals surface area contributed by atoms with E-state index in [9.17, 15) is 4.79 Å². The predicted molar refractivity (Wildman–Crippen MR) is 96.1 cm³/mol. The number of nitrogens with zero attached hydrogens (tertiary/aromatic N) is 2. The summed E-state index contributed by atoms with van der Waals surface area (Å²) in [7, 11) is 0.